The maximum absolute atomic E-state index is 12.5. The topological polar surface area (TPSA) is 56.0 Å². The lowest BCUT2D eigenvalue weighted by Crippen LogP contribution is -2.33. The van der Waals surface area contributed by atoms with E-state index in [2.05, 4.69) is 5.32 Å². The second-order valence-electron chi connectivity index (χ2n) is 4.49. The summed E-state index contributed by atoms with van der Waals surface area (Å²) in [6.45, 7) is -5.03. The number of hydrogen-bond acceptors (Lipinski definition) is 3. The van der Waals surface area contributed by atoms with Crippen LogP contribution < -0.4 is 10.8 Å². The van der Waals surface area contributed by atoms with Crippen molar-refractivity contribution in [1.82, 2.24) is 0 Å². The second kappa shape index (κ2) is 5.79. The SMILES string of the molecule is N#CC(Nc1ccc(O)cc1)c1ccc([B-](F)(F)F)cc1. The number of halogens is 3. The van der Waals surface area contributed by atoms with Crippen molar-refractivity contribution in [3.8, 4) is 11.8 Å². The molecule has 3 nitrogen and oxygen atoms in total. The van der Waals surface area contributed by atoms with Crippen LogP contribution in [0.2, 0.25) is 0 Å². The monoisotopic (exact) mass is 291 g/mol. The first-order chi connectivity index (χ1) is 9.90. The lowest BCUT2D eigenvalue weighted by molar-refractivity contribution is 0.475. The summed E-state index contributed by atoms with van der Waals surface area (Å²) in [7, 11) is 0. The highest BCUT2D eigenvalue weighted by atomic mass is 19.4. The molecule has 0 saturated carbocycles. The Bertz CT molecular complexity index is 648. The van der Waals surface area contributed by atoms with Crippen molar-refractivity contribution in [1.29, 1.82) is 5.26 Å². The highest BCUT2D eigenvalue weighted by Gasteiger charge is 2.25. The molecule has 0 aliphatic heterocycles. The maximum atomic E-state index is 12.5. The normalized spacial score (nSPS) is 12.5. The number of hydrogen-bond donors (Lipinski definition) is 2. The molecular weight excluding hydrogens is 280 g/mol. The van der Waals surface area contributed by atoms with E-state index >= 15 is 0 Å². The van der Waals surface area contributed by atoms with Gasteiger partial charge in [-0.25, -0.2) is 0 Å². The van der Waals surface area contributed by atoms with Gasteiger partial charge < -0.3 is 23.4 Å². The third-order valence-electron chi connectivity index (χ3n) is 2.96. The molecule has 1 unspecified atom stereocenters. The van der Waals surface area contributed by atoms with Gasteiger partial charge in [0.2, 0.25) is 0 Å². The summed E-state index contributed by atoms with van der Waals surface area (Å²) in [4.78, 5) is 0. The van der Waals surface area contributed by atoms with E-state index in [1.807, 2.05) is 6.07 Å². The van der Waals surface area contributed by atoms with E-state index in [-0.39, 0.29) is 5.75 Å². The van der Waals surface area contributed by atoms with Crippen LogP contribution in [0.15, 0.2) is 48.5 Å². The first-order valence-electron chi connectivity index (χ1n) is 6.15. The Balaban J connectivity index is 2.18. The molecule has 0 heterocycles. The number of phenols is 1. The highest BCUT2D eigenvalue weighted by Crippen LogP contribution is 2.21. The van der Waals surface area contributed by atoms with Gasteiger partial charge >= 0.3 is 6.98 Å². The van der Waals surface area contributed by atoms with Crippen LogP contribution in [0.5, 0.6) is 5.75 Å². The standard InChI is InChI=1S/C14H11BF3N2O/c16-15(17,18)11-3-1-10(2-4-11)14(9-19)20-12-5-7-13(21)8-6-12/h1-8,14,20-21H/q-1. The summed E-state index contributed by atoms with van der Waals surface area (Å²) < 4.78 is 37.6. The van der Waals surface area contributed by atoms with Gasteiger partial charge in [-0.3, -0.25) is 0 Å². The minimum Gasteiger partial charge on any atom is -0.508 e. The number of nitriles is 1. The summed E-state index contributed by atoms with van der Waals surface area (Å²) in [5.74, 6) is 0.0887. The van der Waals surface area contributed by atoms with Crippen LogP contribution in [0.25, 0.3) is 0 Å². The van der Waals surface area contributed by atoms with Gasteiger partial charge in [-0.05, 0) is 29.8 Å². The molecule has 21 heavy (non-hydrogen) atoms. The Labute approximate surface area is 119 Å². The van der Waals surface area contributed by atoms with Crippen LogP contribution in [0.1, 0.15) is 11.6 Å². The van der Waals surface area contributed by atoms with Crippen molar-refractivity contribution in [3.63, 3.8) is 0 Å². The lowest BCUT2D eigenvalue weighted by Gasteiger charge is -2.17. The predicted molar refractivity (Wildman–Crippen MR) is 75.2 cm³/mol. The highest BCUT2D eigenvalue weighted by molar-refractivity contribution is 6.73. The van der Waals surface area contributed by atoms with Crippen LogP contribution in [0, 0.1) is 11.3 Å². The Morgan fingerprint density at radius 1 is 1.00 bits per heavy atom. The molecule has 0 aliphatic rings. The van der Waals surface area contributed by atoms with Crippen LogP contribution in [-0.2, 0) is 0 Å². The smallest absolute Gasteiger partial charge is 0.508 e. The van der Waals surface area contributed by atoms with E-state index in [9.17, 15) is 18.1 Å². The van der Waals surface area contributed by atoms with E-state index in [0.717, 1.165) is 12.1 Å². The average molecular weight is 291 g/mol. The van der Waals surface area contributed by atoms with Crippen molar-refractivity contribution < 1.29 is 18.1 Å². The summed E-state index contributed by atoms with van der Waals surface area (Å²) >= 11 is 0. The first kappa shape index (κ1) is 14.8. The van der Waals surface area contributed by atoms with Gasteiger partial charge in [0.15, 0.2) is 0 Å². The molecular formula is C14H11BF3N2O-. The summed E-state index contributed by atoms with van der Waals surface area (Å²) in [5.41, 5.74) is 0.331. The third kappa shape index (κ3) is 3.69. The summed E-state index contributed by atoms with van der Waals surface area (Å²) in [6.07, 6.45) is 0. The molecule has 7 heteroatoms. The molecule has 0 radical (unpaired) electrons. The molecule has 2 N–H and O–H groups in total. The van der Waals surface area contributed by atoms with E-state index in [1.165, 1.54) is 24.3 Å². The number of nitrogens with zero attached hydrogens (tertiary/aromatic N) is 1. The van der Waals surface area contributed by atoms with E-state index in [4.69, 9.17) is 5.26 Å². The van der Waals surface area contributed by atoms with Gasteiger partial charge in [0, 0.05) is 5.69 Å². The second-order valence-corrected chi connectivity index (χ2v) is 4.49. The Morgan fingerprint density at radius 2 is 1.57 bits per heavy atom. The predicted octanol–water partition coefficient (Wildman–Crippen LogP) is 3.12. The molecule has 2 rings (SSSR count). The van der Waals surface area contributed by atoms with E-state index in [0.29, 0.717) is 11.3 Å². The van der Waals surface area contributed by atoms with Crippen molar-refractivity contribution in [2.75, 3.05) is 5.32 Å². The Morgan fingerprint density at radius 3 is 2.05 bits per heavy atom. The fraction of sp³-hybridized carbons (Fsp3) is 0.0714. The van der Waals surface area contributed by atoms with Crippen LogP contribution in [-0.4, -0.2) is 12.1 Å². The van der Waals surface area contributed by atoms with Crippen molar-refractivity contribution in [2.24, 2.45) is 0 Å². The van der Waals surface area contributed by atoms with Crippen molar-refractivity contribution >= 4 is 18.1 Å². The number of anilines is 1. The maximum Gasteiger partial charge on any atom is 0.509 e. The van der Waals surface area contributed by atoms with Crippen LogP contribution in [0.4, 0.5) is 18.6 Å². The molecule has 108 valence electrons. The quantitative estimate of drug-likeness (QED) is 0.672. The zero-order chi connectivity index (χ0) is 15.5. The Hall–Kier alpha value is -2.62. The van der Waals surface area contributed by atoms with Gasteiger partial charge in [-0.1, -0.05) is 24.3 Å². The summed E-state index contributed by atoms with van der Waals surface area (Å²) in [6, 6.07) is 11.8. The van der Waals surface area contributed by atoms with E-state index < -0.39 is 18.5 Å². The molecule has 0 amide bonds. The number of phenolic OH excluding ortho intramolecular Hbond substituents is 1. The zero-order valence-corrected chi connectivity index (χ0v) is 10.8. The molecule has 2 aromatic rings. The van der Waals surface area contributed by atoms with Crippen LogP contribution >= 0.6 is 0 Å². The molecule has 0 aliphatic carbocycles. The summed E-state index contributed by atoms with van der Waals surface area (Å²) in [5, 5.41) is 21.2. The van der Waals surface area contributed by atoms with Crippen LogP contribution in [0.3, 0.4) is 0 Å². The number of rotatable bonds is 4. The molecule has 1 atom stereocenters. The Kier molecular flexibility index (Phi) is 4.08. The first-order valence-corrected chi connectivity index (χ1v) is 6.15. The molecule has 0 bridgehead atoms. The fourth-order valence-electron chi connectivity index (χ4n) is 1.82. The average Bonchev–Trinajstić information content (AvgIpc) is 2.46. The number of nitrogens with one attached hydrogen (secondary N) is 1. The largest absolute Gasteiger partial charge is 0.509 e. The minimum atomic E-state index is -5.03. The van der Waals surface area contributed by atoms with Gasteiger partial charge in [-0.15, -0.1) is 5.46 Å². The zero-order valence-electron chi connectivity index (χ0n) is 10.8. The number of aromatic hydroxyl groups is 1. The van der Waals surface area contributed by atoms with Crippen molar-refractivity contribution in [3.05, 3.63) is 54.1 Å². The lowest BCUT2D eigenvalue weighted by atomic mass is 9.79. The van der Waals surface area contributed by atoms with Gasteiger partial charge in [-0.2, -0.15) is 5.26 Å². The molecule has 0 saturated heterocycles. The molecule has 2 aromatic carbocycles. The fourth-order valence-corrected chi connectivity index (χ4v) is 1.82. The molecule has 0 aromatic heterocycles. The van der Waals surface area contributed by atoms with Gasteiger partial charge in [0.05, 0.1) is 6.07 Å². The number of benzene rings is 2. The van der Waals surface area contributed by atoms with E-state index in [1.54, 1.807) is 12.1 Å². The van der Waals surface area contributed by atoms with Gasteiger partial charge in [0.25, 0.3) is 0 Å². The molecule has 0 fully saturated rings. The van der Waals surface area contributed by atoms with Crippen molar-refractivity contribution in [2.45, 2.75) is 6.04 Å². The van der Waals surface area contributed by atoms with Gasteiger partial charge in [0.1, 0.15) is 11.8 Å². The third-order valence-corrected chi connectivity index (χ3v) is 2.96. The minimum absolute atomic E-state index is 0.0887. The molecule has 0 spiro atoms.